The molecule has 17 heavy (non-hydrogen) atoms. The van der Waals surface area contributed by atoms with E-state index in [2.05, 4.69) is 40.1 Å². The van der Waals surface area contributed by atoms with Crippen molar-refractivity contribution in [3.05, 3.63) is 21.9 Å². The summed E-state index contributed by atoms with van der Waals surface area (Å²) in [4.78, 5) is 4.15. The van der Waals surface area contributed by atoms with Gasteiger partial charge in [0.25, 0.3) is 0 Å². The quantitative estimate of drug-likeness (QED) is 0.797. The molecule has 1 fully saturated rings. The van der Waals surface area contributed by atoms with Crippen molar-refractivity contribution in [2.24, 2.45) is 11.8 Å². The maximum absolute atomic E-state index is 5.89. The fourth-order valence-electron chi connectivity index (χ4n) is 2.66. The lowest BCUT2D eigenvalue weighted by atomic mass is 9.78. The van der Waals surface area contributed by atoms with E-state index in [-0.39, 0.29) is 0 Å². The van der Waals surface area contributed by atoms with E-state index in [1.807, 2.05) is 6.07 Å². The monoisotopic (exact) mass is 316 g/mol. The van der Waals surface area contributed by atoms with Gasteiger partial charge in [0.2, 0.25) is 0 Å². The number of anilines is 1. The predicted octanol–water partition coefficient (Wildman–Crippen LogP) is 4.73. The number of nitrogens with zero attached hydrogens (tertiary/aromatic N) is 1. The second kappa shape index (κ2) is 5.57. The normalized spacial score (nSPS) is 29.1. The number of nitrogens with one attached hydrogen (secondary N) is 1. The summed E-state index contributed by atoms with van der Waals surface area (Å²) in [6.07, 6.45) is 5.78. The SMILES string of the molecule is CC1CCCC(C)C1Nc1cnc(Cl)c(Br)c1. The van der Waals surface area contributed by atoms with Gasteiger partial charge in [-0.05, 0) is 46.7 Å². The van der Waals surface area contributed by atoms with Crippen LogP contribution in [0.5, 0.6) is 0 Å². The molecule has 94 valence electrons. The van der Waals surface area contributed by atoms with E-state index in [0.29, 0.717) is 23.0 Å². The highest BCUT2D eigenvalue weighted by Gasteiger charge is 2.27. The van der Waals surface area contributed by atoms with Crippen LogP contribution in [-0.2, 0) is 0 Å². The van der Waals surface area contributed by atoms with E-state index >= 15 is 0 Å². The van der Waals surface area contributed by atoms with Crippen molar-refractivity contribution in [3.8, 4) is 0 Å². The highest BCUT2D eigenvalue weighted by atomic mass is 79.9. The highest BCUT2D eigenvalue weighted by molar-refractivity contribution is 9.10. The molecule has 1 N–H and O–H groups in total. The molecular formula is C13H18BrClN2. The van der Waals surface area contributed by atoms with Crippen LogP contribution in [0.2, 0.25) is 5.15 Å². The van der Waals surface area contributed by atoms with Gasteiger partial charge >= 0.3 is 0 Å². The van der Waals surface area contributed by atoms with Gasteiger partial charge in [0.1, 0.15) is 5.15 Å². The molecule has 1 aromatic rings. The third kappa shape index (κ3) is 3.14. The molecule has 0 radical (unpaired) electrons. The summed E-state index contributed by atoms with van der Waals surface area (Å²) in [7, 11) is 0. The Morgan fingerprint density at radius 3 is 2.59 bits per heavy atom. The molecule has 2 atom stereocenters. The van der Waals surface area contributed by atoms with Gasteiger partial charge in [-0.2, -0.15) is 0 Å². The summed E-state index contributed by atoms with van der Waals surface area (Å²) in [5.74, 6) is 1.43. The van der Waals surface area contributed by atoms with Crippen LogP contribution in [-0.4, -0.2) is 11.0 Å². The Hall–Kier alpha value is -0.280. The van der Waals surface area contributed by atoms with Crippen LogP contribution >= 0.6 is 27.5 Å². The van der Waals surface area contributed by atoms with Crippen molar-refractivity contribution in [3.63, 3.8) is 0 Å². The molecule has 0 saturated heterocycles. The Balaban J connectivity index is 2.10. The summed E-state index contributed by atoms with van der Waals surface area (Å²) in [6, 6.07) is 2.54. The van der Waals surface area contributed by atoms with Gasteiger partial charge in [-0.3, -0.25) is 0 Å². The zero-order valence-corrected chi connectivity index (χ0v) is 12.6. The molecular weight excluding hydrogens is 300 g/mol. The highest BCUT2D eigenvalue weighted by Crippen LogP contribution is 2.32. The fraction of sp³-hybridized carbons (Fsp3) is 0.615. The minimum atomic E-state index is 0.514. The van der Waals surface area contributed by atoms with Crippen LogP contribution in [0, 0.1) is 11.8 Å². The third-order valence-corrected chi connectivity index (χ3v) is 4.81. The van der Waals surface area contributed by atoms with Crippen LogP contribution < -0.4 is 5.32 Å². The smallest absolute Gasteiger partial charge is 0.143 e. The van der Waals surface area contributed by atoms with Crippen LogP contribution in [0.3, 0.4) is 0 Å². The average Bonchev–Trinajstić information content (AvgIpc) is 2.28. The Bertz CT molecular complexity index is 387. The number of pyridine rings is 1. The van der Waals surface area contributed by atoms with Crippen molar-refractivity contribution in [1.82, 2.24) is 4.98 Å². The number of hydrogen-bond donors (Lipinski definition) is 1. The summed E-state index contributed by atoms with van der Waals surface area (Å²) in [5.41, 5.74) is 1.05. The van der Waals surface area contributed by atoms with Crippen LogP contribution in [0.25, 0.3) is 0 Å². The largest absolute Gasteiger partial charge is 0.380 e. The fourth-order valence-corrected chi connectivity index (χ4v) is 3.11. The Kier molecular flexibility index (Phi) is 4.31. The van der Waals surface area contributed by atoms with Gasteiger partial charge < -0.3 is 5.32 Å². The standard InChI is InChI=1S/C13H18BrClN2/c1-8-4-3-5-9(2)12(8)17-10-6-11(14)13(15)16-7-10/h6-9,12,17H,3-5H2,1-2H3. The molecule has 2 unspecified atom stereocenters. The number of aromatic nitrogens is 1. The molecule has 0 bridgehead atoms. The van der Waals surface area contributed by atoms with Gasteiger partial charge in [0, 0.05) is 6.04 Å². The van der Waals surface area contributed by atoms with E-state index in [4.69, 9.17) is 11.6 Å². The van der Waals surface area contributed by atoms with E-state index in [1.165, 1.54) is 19.3 Å². The summed E-state index contributed by atoms with van der Waals surface area (Å²) in [6.45, 7) is 4.65. The summed E-state index contributed by atoms with van der Waals surface area (Å²) < 4.78 is 0.847. The molecule has 1 saturated carbocycles. The molecule has 1 aromatic heterocycles. The van der Waals surface area contributed by atoms with Gasteiger partial charge in [0.05, 0.1) is 16.4 Å². The van der Waals surface area contributed by atoms with Crippen LogP contribution in [0.15, 0.2) is 16.7 Å². The van der Waals surface area contributed by atoms with E-state index in [0.717, 1.165) is 10.2 Å². The van der Waals surface area contributed by atoms with Crippen molar-refractivity contribution in [2.45, 2.75) is 39.2 Å². The Morgan fingerprint density at radius 2 is 2.00 bits per heavy atom. The average molecular weight is 318 g/mol. The summed E-state index contributed by atoms with van der Waals surface area (Å²) in [5, 5.41) is 4.11. The molecule has 0 spiro atoms. The Morgan fingerprint density at radius 1 is 1.35 bits per heavy atom. The number of hydrogen-bond acceptors (Lipinski definition) is 2. The van der Waals surface area contributed by atoms with Crippen molar-refractivity contribution in [2.75, 3.05) is 5.32 Å². The van der Waals surface area contributed by atoms with Gasteiger partial charge in [-0.25, -0.2) is 4.98 Å². The van der Waals surface area contributed by atoms with Crippen molar-refractivity contribution in [1.29, 1.82) is 0 Å². The molecule has 1 aliphatic rings. The second-order valence-electron chi connectivity index (χ2n) is 5.05. The summed E-state index contributed by atoms with van der Waals surface area (Å²) >= 11 is 9.30. The van der Waals surface area contributed by atoms with Gasteiger partial charge in [-0.1, -0.05) is 31.9 Å². The number of halogens is 2. The van der Waals surface area contributed by atoms with Gasteiger partial charge in [0.15, 0.2) is 0 Å². The molecule has 1 aliphatic carbocycles. The third-order valence-electron chi connectivity index (χ3n) is 3.67. The first-order valence-corrected chi connectivity index (χ1v) is 7.32. The van der Waals surface area contributed by atoms with E-state index < -0.39 is 0 Å². The minimum absolute atomic E-state index is 0.514. The molecule has 2 nitrogen and oxygen atoms in total. The van der Waals surface area contributed by atoms with Gasteiger partial charge in [-0.15, -0.1) is 0 Å². The zero-order chi connectivity index (χ0) is 12.4. The van der Waals surface area contributed by atoms with E-state index in [1.54, 1.807) is 6.20 Å². The molecule has 0 aromatic carbocycles. The maximum Gasteiger partial charge on any atom is 0.143 e. The molecule has 1 heterocycles. The maximum atomic E-state index is 5.89. The zero-order valence-electron chi connectivity index (χ0n) is 10.2. The lowest BCUT2D eigenvalue weighted by Crippen LogP contribution is -2.37. The molecule has 0 aliphatic heterocycles. The Labute approximate surface area is 116 Å². The minimum Gasteiger partial charge on any atom is -0.380 e. The second-order valence-corrected chi connectivity index (χ2v) is 6.26. The molecule has 2 rings (SSSR count). The van der Waals surface area contributed by atoms with Crippen molar-refractivity contribution < 1.29 is 0 Å². The lowest BCUT2D eigenvalue weighted by molar-refractivity contribution is 0.268. The molecule has 4 heteroatoms. The van der Waals surface area contributed by atoms with Crippen LogP contribution in [0.4, 0.5) is 5.69 Å². The first-order chi connectivity index (χ1) is 8.08. The first kappa shape index (κ1) is 13.2. The van der Waals surface area contributed by atoms with E-state index in [9.17, 15) is 0 Å². The van der Waals surface area contributed by atoms with Crippen LogP contribution in [0.1, 0.15) is 33.1 Å². The topological polar surface area (TPSA) is 24.9 Å². The van der Waals surface area contributed by atoms with Crippen molar-refractivity contribution >= 4 is 33.2 Å². The lowest BCUT2D eigenvalue weighted by Gasteiger charge is -2.35. The predicted molar refractivity (Wildman–Crippen MR) is 76.5 cm³/mol. The number of rotatable bonds is 2. The first-order valence-electron chi connectivity index (χ1n) is 6.15. The molecule has 0 amide bonds.